The molecule has 0 fully saturated rings. The number of unbranched alkanes of at least 4 members (excludes halogenated alkanes) is 2. The molecule has 2 nitrogen and oxygen atoms in total. The maximum Gasteiger partial charge on any atom is 0.0473 e. The third kappa shape index (κ3) is 4.76. The molecule has 0 amide bonds. The van der Waals surface area contributed by atoms with Gasteiger partial charge in [0.25, 0.3) is 0 Å². The third-order valence-electron chi connectivity index (χ3n) is 3.89. The summed E-state index contributed by atoms with van der Waals surface area (Å²) in [5, 5.41) is 0.832. The van der Waals surface area contributed by atoms with Crippen molar-refractivity contribution in [2.24, 2.45) is 5.73 Å². The predicted molar refractivity (Wildman–Crippen MR) is 89.4 cm³/mol. The zero-order chi connectivity index (χ0) is 15.1. The van der Waals surface area contributed by atoms with E-state index in [1.165, 1.54) is 24.8 Å². The Kier molecular flexibility index (Phi) is 7.57. The first-order valence-electron chi connectivity index (χ1n) is 7.73. The average molecular weight is 297 g/mol. The molecule has 20 heavy (non-hydrogen) atoms. The predicted octanol–water partition coefficient (Wildman–Crippen LogP) is 4.55. The van der Waals surface area contributed by atoms with Gasteiger partial charge >= 0.3 is 0 Å². The fourth-order valence-electron chi connectivity index (χ4n) is 2.60. The highest BCUT2D eigenvalue weighted by atomic mass is 35.5. The molecule has 1 aromatic rings. The molecule has 114 valence electrons. The number of benzene rings is 1. The van der Waals surface area contributed by atoms with Crippen LogP contribution in [0.5, 0.6) is 0 Å². The minimum Gasteiger partial charge on any atom is -0.329 e. The lowest BCUT2D eigenvalue weighted by molar-refractivity contribution is 0.154. The molecule has 0 aromatic heterocycles. The van der Waals surface area contributed by atoms with E-state index in [1.807, 2.05) is 6.92 Å². The molecule has 0 aliphatic rings. The SMILES string of the molecule is CCCCCN(C(C)C)C(CN)c1ccc(C)c(Cl)c1. The number of rotatable bonds is 8. The van der Waals surface area contributed by atoms with Crippen molar-refractivity contribution in [3.8, 4) is 0 Å². The van der Waals surface area contributed by atoms with Gasteiger partial charge < -0.3 is 5.73 Å². The Morgan fingerprint density at radius 1 is 1.25 bits per heavy atom. The van der Waals surface area contributed by atoms with Crippen LogP contribution >= 0.6 is 11.6 Å². The molecular weight excluding hydrogens is 268 g/mol. The highest BCUT2D eigenvalue weighted by Gasteiger charge is 2.21. The molecular formula is C17H29ClN2. The van der Waals surface area contributed by atoms with Gasteiger partial charge in [0.05, 0.1) is 0 Å². The van der Waals surface area contributed by atoms with E-state index in [1.54, 1.807) is 0 Å². The number of aryl methyl sites for hydroxylation is 1. The minimum absolute atomic E-state index is 0.255. The Hall–Kier alpha value is -0.570. The zero-order valence-corrected chi connectivity index (χ0v) is 14.1. The van der Waals surface area contributed by atoms with E-state index in [0.29, 0.717) is 12.6 Å². The second-order valence-corrected chi connectivity index (χ2v) is 6.21. The number of nitrogens with two attached hydrogens (primary N) is 1. The van der Waals surface area contributed by atoms with Crippen LogP contribution in [-0.4, -0.2) is 24.0 Å². The minimum atomic E-state index is 0.255. The molecule has 0 saturated heterocycles. The van der Waals surface area contributed by atoms with E-state index in [2.05, 4.69) is 43.9 Å². The quantitative estimate of drug-likeness (QED) is 0.713. The zero-order valence-electron chi connectivity index (χ0n) is 13.3. The maximum absolute atomic E-state index is 6.27. The van der Waals surface area contributed by atoms with Crippen molar-refractivity contribution in [2.75, 3.05) is 13.1 Å². The Labute approximate surface area is 129 Å². The van der Waals surface area contributed by atoms with E-state index in [4.69, 9.17) is 17.3 Å². The van der Waals surface area contributed by atoms with Crippen molar-refractivity contribution < 1.29 is 0 Å². The van der Waals surface area contributed by atoms with Gasteiger partial charge in [-0.3, -0.25) is 4.90 Å². The summed E-state index contributed by atoms with van der Waals surface area (Å²) in [5.41, 5.74) is 8.40. The molecule has 0 bridgehead atoms. The lowest BCUT2D eigenvalue weighted by atomic mass is 10.0. The number of nitrogens with zero attached hydrogens (tertiary/aromatic N) is 1. The Balaban J connectivity index is 2.91. The van der Waals surface area contributed by atoms with Crippen LogP contribution in [0.25, 0.3) is 0 Å². The van der Waals surface area contributed by atoms with E-state index < -0.39 is 0 Å². The molecule has 3 heteroatoms. The highest BCUT2D eigenvalue weighted by Crippen LogP contribution is 2.26. The van der Waals surface area contributed by atoms with Crippen LogP contribution in [-0.2, 0) is 0 Å². The molecule has 1 aromatic carbocycles. The van der Waals surface area contributed by atoms with Crippen LogP contribution in [0.15, 0.2) is 18.2 Å². The van der Waals surface area contributed by atoms with Gasteiger partial charge in [-0.15, -0.1) is 0 Å². The van der Waals surface area contributed by atoms with Gasteiger partial charge in [-0.05, 0) is 50.9 Å². The van der Waals surface area contributed by atoms with Crippen LogP contribution in [0.1, 0.15) is 57.2 Å². The molecule has 0 saturated carbocycles. The van der Waals surface area contributed by atoms with Crippen LogP contribution in [0, 0.1) is 6.92 Å². The van der Waals surface area contributed by atoms with E-state index >= 15 is 0 Å². The molecule has 0 spiro atoms. The van der Waals surface area contributed by atoms with E-state index in [9.17, 15) is 0 Å². The van der Waals surface area contributed by atoms with Gasteiger partial charge in [-0.2, -0.15) is 0 Å². The number of halogens is 1. The van der Waals surface area contributed by atoms with Gasteiger partial charge in [0, 0.05) is 23.7 Å². The van der Waals surface area contributed by atoms with Crippen LogP contribution in [0.3, 0.4) is 0 Å². The van der Waals surface area contributed by atoms with Crippen LogP contribution in [0.4, 0.5) is 0 Å². The van der Waals surface area contributed by atoms with E-state index in [0.717, 1.165) is 17.1 Å². The molecule has 0 aliphatic heterocycles. The summed E-state index contributed by atoms with van der Waals surface area (Å²) in [6.07, 6.45) is 3.75. The third-order valence-corrected chi connectivity index (χ3v) is 4.29. The summed E-state index contributed by atoms with van der Waals surface area (Å²) < 4.78 is 0. The first-order chi connectivity index (χ1) is 9.51. The molecule has 0 radical (unpaired) electrons. The van der Waals surface area contributed by atoms with Crippen molar-refractivity contribution >= 4 is 11.6 Å². The van der Waals surface area contributed by atoms with Crippen molar-refractivity contribution in [3.63, 3.8) is 0 Å². The largest absolute Gasteiger partial charge is 0.329 e. The molecule has 1 unspecified atom stereocenters. The molecule has 2 N–H and O–H groups in total. The van der Waals surface area contributed by atoms with Crippen molar-refractivity contribution in [3.05, 3.63) is 34.3 Å². The standard InChI is InChI=1S/C17H29ClN2/c1-5-6-7-10-20(13(2)3)17(12-19)15-9-8-14(4)16(18)11-15/h8-9,11,13,17H,5-7,10,12,19H2,1-4H3. The first-order valence-corrected chi connectivity index (χ1v) is 8.10. The summed E-state index contributed by atoms with van der Waals surface area (Å²) in [6.45, 7) is 10.5. The first kappa shape index (κ1) is 17.5. The molecule has 0 aliphatic carbocycles. The monoisotopic (exact) mass is 296 g/mol. The van der Waals surface area contributed by atoms with Gasteiger partial charge in [-0.1, -0.05) is 43.5 Å². The summed E-state index contributed by atoms with van der Waals surface area (Å²) in [7, 11) is 0. The summed E-state index contributed by atoms with van der Waals surface area (Å²) in [4.78, 5) is 2.50. The highest BCUT2D eigenvalue weighted by molar-refractivity contribution is 6.31. The summed E-state index contributed by atoms with van der Waals surface area (Å²) in [6, 6.07) is 7.06. The second-order valence-electron chi connectivity index (χ2n) is 5.80. The fraction of sp³-hybridized carbons (Fsp3) is 0.647. The lowest BCUT2D eigenvalue weighted by Gasteiger charge is -2.35. The maximum atomic E-state index is 6.27. The van der Waals surface area contributed by atoms with Crippen molar-refractivity contribution in [1.29, 1.82) is 0 Å². The second kappa shape index (κ2) is 8.66. The topological polar surface area (TPSA) is 29.3 Å². The van der Waals surface area contributed by atoms with Gasteiger partial charge in [0.2, 0.25) is 0 Å². The molecule has 0 heterocycles. The lowest BCUT2D eigenvalue weighted by Crippen LogP contribution is -2.39. The Morgan fingerprint density at radius 3 is 2.45 bits per heavy atom. The fourth-order valence-corrected chi connectivity index (χ4v) is 2.79. The average Bonchev–Trinajstić information content (AvgIpc) is 2.41. The van der Waals surface area contributed by atoms with Crippen LogP contribution in [0.2, 0.25) is 5.02 Å². The molecule has 1 atom stereocenters. The smallest absolute Gasteiger partial charge is 0.0473 e. The van der Waals surface area contributed by atoms with Gasteiger partial charge in [0.15, 0.2) is 0 Å². The summed E-state index contributed by atoms with van der Waals surface area (Å²) >= 11 is 6.27. The van der Waals surface area contributed by atoms with Gasteiger partial charge in [0.1, 0.15) is 0 Å². The van der Waals surface area contributed by atoms with Crippen LogP contribution < -0.4 is 5.73 Å². The van der Waals surface area contributed by atoms with Gasteiger partial charge in [-0.25, -0.2) is 0 Å². The number of hydrogen-bond acceptors (Lipinski definition) is 2. The Morgan fingerprint density at radius 2 is 1.95 bits per heavy atom. The number of hydrogen-bond donors (Lipinski definition) is 1. The van der Waals surface area contributed by atoms with E-state index in [-0.39, 0.29) is 6.04 Å². The Bertz CT molecular complexity index is 404. The normalized spacial score (nSPS) is 13.2. The van der Waals surface area contributed by atoms with Crippen molar-refractivity contribution in [2.45, 2.75) is 59.0 Å². The summed E-state index contributed by atoms with van der Waals surface area (Å²) in [5.74, 6) is 0. The van der Waals surface area contributed by atoms with Crippen molar-refractivity contribution in [1.82, 2.24) is 4.90 Å². The molecule has 1 rings (SSSR count).